The third-order valence-electron chi connectivity index (χ3n) is 3.48. The Morgan fingerprint density at radius 2 is 1.92 bits per heavy atom. The number of benzene rings is 1. The third kappa shape index (κ3) is 3.95. The molecule has 1 N–H and O–H groups in total. The summed E-state index contributed by atoms with van der Waals surface area (Å²) in [6.07, 6.45) is -0.151. The van der Waals surface area contributed by atoms with E-state index in [9.17, 15) is 14.0 Å². The number of halogens is 1. The van der Waals surface area contributed by atoms with Gasteiger partial charge in [-0.1, -0.05) is 0 Å². The number of carboxylic acid groups (broad SMARTS) is 1. The average molecular weight is 334 g/mol. The Morgan fingerprint density at radius 1 is 1.29 bits per heavy atom. The molecule has 0 atom stereocenters. The van der Waals surface area contributed by atoms with Crippen molar-refractivity contribution in [3.63, 3.8) is 0 Å². The molecule has 0 fully saturated rings. The van der Waals surface area contributed by atoms with E-state index >= 15 is 0 Å². The Balaban J connectivity index is 2.27. The van der Waals surface area contributed by atoms with Gasteiger partial charge in [-0.05, 0) is 45.0 Å². The Morgan fingerprint density at radius 3 is 2.46 bits per heavy atom. The number of hydrogen-bond acceptors (Lipinski definition) is 4. The second-order valence-corrected chi connectivity index (χ2v) is 5.61. The van der Waals surface area contributed by atoms with Crippen LogP contribution in [0.1, 0.15) is 36.7 Å². The van der Waals surface area contributed by atoms with Gasteiger partial charge in [0.25, 0.3) is 5.91 Å². The maximum absolute atomic E-state index is 13.0. The topological polar surface area (TPSA) is 88.3 Å². The minimum atomic E-state index is -0.977. The highest BCUT2D eigenvalue weighted by Gasteiger charge is 2.24. The van der Waals surface area contributed by atoms with Crippen molar-refractivity contribution < 1.29 is 19.1 Å². The van der Waals surface area contributed by atoms with Crippen LogP contribution in [0.15, 0.2) is 24.3 Å². The summed E-state index contributed by atoms with van der Waals surface area (Å²) < 4.78 is 14.5. The number of aliphatic carboxylic acids is 1. The average Bonchev–Trinajstić information content (AvgIpc) is 2.89. The molecule has 0 unspecified atom stereocenters. The summed E-state index contributed by atoms with van der Waals surface area (Å²) in [5.74, 6) is -1.32. The van der Waals surface area contributed by atoms with Gasteiger partial charge in [-0.15, -0.1) is 5.10 Å². The third-order valence-corrected chi connectivity index (χ3v) is 3.48. The van der Waals surface area contributed by atoms with Crippen LogP contribution in [0.3, 0.4) is 0 Å². The lowest BCUT2D eigenvalue weighted by molar-refractivity contribution is -0.137. The molecule has 0 saturated carbocycles. The summed E-state index contributed by atoms with van der Waals surface area (Å²) in [5, 5.41) is 13.0. The lowest BCUT2D eigenvalue weighted by Gasteiger charge is -2.24. The molecule has 0 spiro atoms. The monoisotopic (exact) mass is 334 g/mol. The molecule has 1 aromatic carbocycles. The first-order chi connectivity index (χ1) is 11.3. The highest BCUT2D eigenvalue weighted by Crippen LogP contribution is 2.13. The smallest absolute Gasteiger partial charge is 0.305 e. The Hall–Kier alpha value is -2.77. The van der Waals surface area contributed by atoms with E-state index in [1.807, 2.05) is 0 Å². The second-order valence-electron chi connectivity index (χ2n) is 5.61. The van der Waals surface area contributed by atoms with Crippen LogP contribution in [-0.4, -0.2) is 49.2 Å². The number of carbonyl (C=O) groups excluding carboxylic acids is 1. The van der Waals surface area contributed by atoms with E-state index in [0.29, 0.717) is 11.5 Å². The van der Waals surface area contributed by atoms with Crippen LogP contribution >= 0.6 is 0 Å². The fraction of sp³-hybridized carbons (Fsp3) is 0.375. The van der Waals surface area contributed by atoms with Crippen molar-refractivity contribution in [3.8, 4) is 5.69 Å². The van der Waals surface area contributed by atoms with Crippen LogP contribution in [0.4, 0.5) is 4.39 Å². The van der Waals surface area contributed by atoms with Crippen LogP contribution in [0.2, 0.25) is 0 Å². The Labute approximate surface area is 138 Å². The van der Waals surface area contributed by atoms with E-state index in [1.165, 1.54) is 33.8 Å². The number of amides is 1. The summed E-state index contributed by atoms with van der Waals surface area (Å²) in [7, 11) is 0. The molecular weight excluding hydrogens is 315 g/mol. The standard InChI is InChI=1S/C16H19FN4O3/c1-10(2)20(9-8-14(22)23)16(24)15-18-11(3)21(19-15)13-6-4-12(17)5-7-13/h4-7,10H,8-9H2,1-3H3,(H,22,23). The molecule has 2 aromatic rings. The van der Waals surface area contributed by atoms with Gasteiger partial charge in [-0.3, -0.25) is 9.59 Å². The number of rotatable bonds is 6. The fourth-order valence-electron chi connectivity index (χ4n) is 2.25. The number of carbonyl (C=O) groups is 2. The summed E-state index contributed by atoms with van der Waals surface area (Å²) in [6.45, 7) is 5.35. The van der Waals surface area contributed by atoms with Crippen molar-refractivity contribution in [2.75, 3.05) is 6.54 Å². The van der Waals surface area contributed by atoms with Crippen molar-refractivity contribution >= 4 is 11.9 Å². The highest BCUT2D eigenvalue weighted by atomic mass is 19.1. The summed E-state index contributed by atoms with van der Waals surface area (Å²) in [5.41, 5.74) is 0.585. The zero-order chi connectivity index (χ0) is 17.9. The maximum atomic E-state index is 13.0. The predicted octanol–water partition coefficient (Wildman–Crippen LogP) is 2.04. The lowest BCUT2D eigenvalue weighted by Crippen LogP contribution is -2.39. The predicted molar refractivity (Wildman–Crippen MR) is 84.5 cm³/mol. The summed E-state index contributed by atoms with van der Waals surface area (Å²) in [6, 6.07) is 5.48. The van der Waals surface area contributed by atoms with Gasteiger partial charge in [0, 0.05) is 12.6 Å². The number of carboxylic acids is 1. The van der Waals surface area contributed by atoms with Gasteiger partial charge in [-0.25, -0.2) is 14.1 Å². The van der Waals surface area contributed by atoms with Crippen LogP contribution in [0.5, 0.6) is 0 Å². The maximum Gasteiger partial charge on any atom is 0.305 e. The van der Waals surface area contributed by atoms with E-state index in [1.54, 1.807) is 20.8 Å². The molecule has 8 heteroatoms. The normalized spacial score (nSPS) is 10.9. The van der Waals surface area contributed by atoms with E-state index in [0.717, 1.165) is 0 Å². The van der Waals surface area contributed by atoms with Crippen molar-refractivity contribution in [2.45, 2.75) is 33.2 Å². The molecule has 0 radical (unpaired) electrons. The number of nitrogens with zero attached hydrogens (tertiary/aromatic N) is 4. The van der Waals surface area contributed by atoms with Crippen molar-refractivity contribution in [1.82, 2.24) is 19.7 Å². The van der Waals surface area contributed by atoms with E-state index in [2.05, 4.69) is 10.1 Å². The molecule has 128 valence electrons. The van der Waals surface area contributed by atoms with Crippen molar-refractivity contribution in [1.29, 1.82) is 0 Å². The van der Waals surface area contributed by atoms with Crippen LogP contribution < -0.4 is 0 Å². The first kappa shape index (κ1) is 17.6. The number of aromatic nitrogens is 3. The first-order valence-corrected chi connectivity index (χ1v) is 7.52. The molecule has 0 bridgehead atoms. The van der Waals surface area contributed by atoms with Gasteiger partial charge in [0.05, 0.1) is 12.1 Å². The number of aryl methyl sites for hydroxylation is 1. The molecule has 7 nitrogen and oxygen atoms in total. The Kier molecular flexibility index (Phi) is 5.28. The summed E-state index contributed by atoms with van der Waals surface area (Å²) in [4.78, 5) is 28.9. The van der Waals surface area contributed by atoms with Crippen molar-refractivity contribution in [2.24, 2.45) is 0 Å². The molecule has 2 rings (SSSR count). The summed E-state index contributed by atoms with van der Waals surface area (Å²) >= 11 is 0. The molecule has 0 aliphatic heterocycles. The van der Waals surface area contributed by atoms with Crippen LogP contribution in [0.25, 0.3) is 5.69 Å². The molecule has 1 amide bonds. The van der Waals surface area contributed by atoms with Crippen molar-refractivity contribution in [3.05, 3.63) is 41.7 Å². The van der Waals surface area contributed by atoms with Gasteiger partial charge >= 0.3 is 5.97 Å². The lowest BCUT2D eigenvalue weighted by atomic mass is 10.2. The molecule has 1 heterocycles. The first-order valence-electron chi connectivity index (χ1n) is 7.52. The Bertz CT molecular complexity index is 740. The zero-order valence-corrected chi connectivity index (χ0v) is 13.7. The van der Waals surface area contributed by atoms with E-state index in [4.69, 9.17) is 5.11 Å². The number of hydrogen-bond donors (Lipinski definition) is 1. The van der Waals surface area contributed by atoms with Crippen LogP contribution in [0, 0.1) is 12.7 Å². The van der Waals surface area contributed by atoms with Gasteiger partial charge in [0.2, 0.25) is 5.82 Å². The SMILES string of the molecule is Cc1nc(C(=O)N(CCC(=O)O)C(C)C)nn1-c1ccc(F)cc1. The van der Waals surface area contributed by atoms with Gasteiger partial charge in [-0.2, -0.15) is 0 Å². The van der Waals surface area contributed by atoms with E-state index < -0.39 is 11.9 Å². The molecule has 1 aromatic heterocycles. The molecule has 0 aliphatic rings. The highest BCUT2D eigenvalue weighted by molar-refractivity contribution is 5.91. The minimum absolute atomic E-state index is 0.0177. The van der Waals surface area contributed by atoms with Gasteiger partial charge in [0.1, 0.15) is 11.6 Å². The second kappa shape index (κ2) is 7.20. The fourth-order valence-corrected chi connectivity index (χ4v) is 2.25. The molecular formula is C16H19FN4O3. The quantitative estimate of drug-likeness (QED) is 0.873. The van der Waals surface area contributed by atoms with E-state index in [-0.39, 0.29) is 30.6 Å². The minimum Gasteiger partial charge on any atom is -0.481 e. The molecule has 0 saturated heterocycles. The van der Waals surface area contributed by atoms with Gasteiger partial charge < -0.3 is 10.0 Å². The molecule has 24 heavy (non-hydrogen) atoms. The van der Waals surface area contributed by atoms with Gasteiger partial charge in [0.15, 0.2) is 0 Å². The largest absolute Gasteiger partial charge is 0.481 e. The zero-order valence-electron chi connectivity index (χ0n) is 13.7. The molecule has 0 aliphatic carbocycles. The van der Waals surface area contributed by atoms with Crippen LogP contribution in [-0.2, 0) is 4.79 Å².